The van der Waals surface area contributed by atoms with Gasteiger partial charge in [-0.1, -0.05) is 71.9 Å². The van der Waals surface area contributed by atoms with Crippen LogP contribution in [-0.2, 0) is 12.2 Å². The van der Waals surface area contributed by atoms with Crippen LogP contribution in [0.15, 0.2) is 84.0 Å². The van der Waals surface area contributed by atoms with Crippen LogP contribution in [0.5, 0.6) is 5.75 Å². The van der Waals surface area contributed by atoms with Gasteiger partial charge in [-0.05, 0) is 48.4 Å². The molecule has 1 aromatic heterocycles. The molecule has 0 bridgehead atoms. The second-order valence-corrected chi connectivity index (χ2v) is 8.05. The molecule has 0 amide bonds. The van der Waals surface area contributed by atoms with Crippen LogP contribution in [0.3, 0.4) is 0 Å². The number of aromatic nitrogens is 3. The third-order valence-electron chi connectivity index (χ3n) is 4.63. The normalized spacial score (nSPS) is 10.9. The Morgan fingerprint density at radius 2 is 1.63 bits per heavy atom. The van der Waals surface area contributed by atoms with Gasteiger partial charge < -0.3 is 4.74 Å². The highest BCUT2D eigenvalue weighted by Crippen LogP contribution is 2.29. The van der Waals surface area contributed by atoms with Gasteiger partial charge in [-0.25, -0.2) is 0 Å². The molecular weight excluding hydrogens is 414 g/mol. The van der Waals surface area contributed by atoms with E-state index in [-0.39, 0.29) is 0 Å². The molecule has 0 unspecified atom stereocenters. The van der Waals surface area contributed by atoms with Gasteiger partial charge in [-0.3, -0.25) is 4.57 Å². The van der Waals surface area contributed by atoms with Crippen molar-refractivity contribution in [2.45, 2.75) is 24.3 Å². The maximum atomic E-state index is 6.34. The van der Waals surface area contributed by atoms with E-state index in [0.29, 0.717) is 13.0 Å². The lowest BCUT2D eigenvalue weighted by atomic mass is 10.1. The molecule has 6 heteroatoms. The Morgan fingerprint density at radius 1 is 0.900 bits per heavy atom. The molecule has 152 valence electrons. The van der Waals surface area contributed by atoms with Crippen LogP contribution in [-0.4, -0.2) is 21.4 Å². The van der Waals surface area contributed by atoms with Crippen molar-refractivity contribution in [1.82, 2.24) is 14.8 Å². The molecule has 0 saturated heterocycles. The van der Waals surface area contributed by atoms with Crippen LogP contribution in [0.1, 0.15) is 23.9 Å². The first-order valence-corrected chi connectivity index (χ1v) is 11.2. The van der Waals surface area contributed by atoms with Gasteiger partial charge >= 0.3 is 0 Å². The number of benzene rings is 3. The van der Waals surface area contributed by atoms with Crippen molar-refractivity contribution in [1.29, 1.82) is 0 Å². The summed E-state index contributed by atoms with van der Waals surface area (Å²) in [6, 6.07) is 26.3. The lowest BCUT2D eigenvalue weighted by Gasteiger charge is -2.12. The predicted octanol–water partition coefficient (Wildman–Crippen LogP) is 6.20. The van der Waals surface area contributed by atoms with E-state index in [1.165, 1.54) is 5.56 Å². The Morgan fingerprint density at radius 3 is 2.37 bits per heavy atom. The summed E-state index contributed by atoms with van der Waals surface area (Å²) >= 11 is 7.97. The number of ether oxygens (including phenoxy) is 1. The summed E-state index contributed by atoms with van der Waals surface area (Å²) in [4.78, 5) is 0. The monoisotopic (exact) mass is 435 g/mol. The van der Waals surface area contributed by atoms with Gasteiger partial charge in [0, 0.05) is 22.9 Å². The smallest absolute Gasteiger partial charge is 0.196 e. The minimum atomic E-state index is 0.643. The van der Waals surface area contributed by atoms with Crippen molar-refractivity contribution in [3.63, 3.8) is 0 Å². The average Bonchev–Trinajstić information content (AvgIpc) is 3.17. The van der Waals surface area contributed by atoms with Crippen LogP contribution in [0, 0.1) is 0 Å². The average molecular weight is 436 g/mol. The number of nitrogens with zero attached hydrogens (tertiary/aromatic N) is 3. The van der Waals surface area contributed by atoms with E-state index in [2.05, 4.69) is 26.9 Å². The Hall–Kier alpha value is -2.76. The summed E-state index contributed by atoms with van der Waals surface area (Å²) in [5.41, 5.74) is 3.28. The summed E-state index contributed by atoms with van der Waals surface area (Å²) < 4.78 is 7.71. The van der Waals surface area contributed by atoms with Gasteiger partial charge in [0.1, 0.15) is 11.6 Å². The molecular formula is C24H22ClN3OS. The molecule has 4 aromatic rings. The van der Waals surface area contributed by atoms with Crippen LogP contribution in [0.25, 0.3) is 5.69 Å². The Balaban J connectivity index is 1.66. The summed E-state index contributed by atoms with van der Waals surface area (Å²) in [5.74, 6) is 2.47. The second kappa shape index (κ2) is 9.83. The fourth-order valence-electron chi connectivity index (χ4n) is 3.16. The molecule has 0 aliphatic carbocycles. The molecule has 0 saturated carbocycles. The number of thioether (sulfide) groups is 1. The first kappa shape index (κ1) is 20.5. The van der Waals surface area contributed by atoms with E-state index in [1.54, 1.807) is 11.8 Å². The summed E-state index contributed by atoms with van der Waals surface area (Å²) in [7, 11) is 0. The number of hydrogen-bond acceptors (Lipinski definition) is 4. The van der Waals surface area contributed by atoms with E-state index in [0.717, 1.165) is 38.8 Å². The molecule has 0 radical (unpaired) electrons. The maximum Gasteiger partial charge on any atom is 0.196 e. The topological polar surface area (TPSA) is 39.9 Å². The number of halogens is 1. The molecule has 0 fully saturated rings. The predicted molar refractivity (Wildman–Crippen MR) is 123 cm³/mol. The van der Waals surface area contributed by atoms with E-state index in [9.17, 15) is 0 Å². The van der Waals surface area contributed by atoms with Crippen LogP contribution < -0.4 is 4.74 Å². The molecule has 4 rings (SSSR count). The Labute approximate surface area is 185 Å². The minimum Gasteiger partial charge on any atom is -0.494 e. The van der Waals surface area contributed by atoms with E-state index in [1.807, 2.05) is 73.7 Å². The van der Waals surface area contributed by atoms with Crippen LogP contribution in [0.2, 0.25) is 5.02 Å². The fraction of sp³-hybridized carbons (Fsp3) is 0.167. The molecule has 1 heterocycles. The lowest BCUT2D eigenvalue weighted by molar-refractivity contribution is 0.340. The largest absolute Gasteiger partial charge is 0.494 e. The minimum absolute atomic E-state index is 0.643. The van der Waals surface area contributed by atoms with Crippen molar-refractivity contribution in [2.75, 3.05) is 6.61 Å². The van der Waals surface area contributed by atoms with Gasteiger partial charge in [0.25, 0.3) is 0 Å². The molecule has 3 aromatic carbocycles. The number of rotatable bonds is 8. The van der Waals surface area contributed by atoms with Crippen molar-refractivity contribution in [2.24, 2.45) is 0 Å². The zero-order valence-corrected chi connectivity index (χ0v) is 18.2. The molecule has 0 aliphatic heterocycles. The fourth-order valence-corrected chi connectivity index (χ4v) is 4.42. The molecule has 0 aliphatic rings. The standard InChI is InChI=1S/C24H22ClN3OS/c1-2-29-21-14-12-20(13-15-21)28-23(16-18-8-4-3-5-9-18)26-27-24(28)30-17-19-10-6-7-11-22(19)25/h3-15H,2,16-17H2,1H3. The summed E-state index contributed by atoms with van der Waals surface area (Å²) in [6.45, 7) is 2.62. The van der Waals surface area contributed by atoms with Crippen LogP contribution in [0.4, 0.5) is 0 Å². The highest BCUT2D eigenvalue weighted by Gasteiger charge is 2.16. The van der Waals surface area contributed by atoms with Crippen molar-refractivity contribution < 1.29 is 4.74 Å². The van der Waals surface area contributed by atoms with E-state index < -0.39 is 0 Å². The third kappa shape index (κ3) is 4.86. The zero-order valence-electron chi connectivity index (χ0n) is 16.7. The van der Waals surface area contributed by atoms with Gasteiger partial charge in [0.2, 0.25) is 0 Å². The summed E-state index contributed by atoms with van der Waals surface area (Å²) in [5, 5.41) is 10.6. The van der Waals surface area contributed by atoms with Gasteiger partial charge in [0.15, 0.2) is 5.16 Å². The molecule has 30 heavy (non-hydrogen) atoms. The van der Waals surface area contributed by atoms with E-state index in [4.69, 9.17) is 16.3 Å². The SMILES string of the molecule is CCOc1ccc(-n2c(Cc3ccccc3)nnc2SCc2ccccc2Cl)cc1. The molecule has 4 nitrogen and oxygen atoms in total. The Kier molecular flexibility index (Phi) is 6.72. The lowest BCUT2D eigenvalue weighted by Crippen LogP contribution is -2.04. The third-order valence-corrected chi connectivity index (χ3v) is 5.97. The van der Waals surface area contributed by atoms with Crippen molar-refractivity contribution >= 4 is 23.4 Å². The maximum absolute atomic E-state index is 6.34. The molecule has 0 N–H and O–H groups in total. The van der Waals surface area contributed by atoms with Gasteiger partial charge in [0.05, 0.1) is 6.61 Å². The quantitative estimate of drug-likeness (QED) is 0.309. The van der Waals surface area contributed by atoms with Gasteiger partial charge in [-0.15, -0.1) is 10.2 Å². The zero-order chi connectivity index (χ0) is 20.8. The molecule has 0 atom stereocenters. The van der Waals surface area contributed by atoms with Crippen LogP contribution >= 0.6 is 23.4 Å². The van der Waals surface area contributed by atoms with Crippen molar-refractivity contribution in [3.05, 3.63) is 101 Å². The van der Waals surface area contributed by atoms with Crippen molar-refractivity contribution in [3.8, 4) is 11.4 Å². The first-order valence-electron chi connectivity index (χ1n) is 9.82. The Bertz CT molecular complexity index is 1100. The highest BCUT2D eigenvalue weighted by atomic mass is 35.5. The summed E-state index contributed by atoms with van der Waals surface area (Å²) in [6.07, 6.45) is 0.702. The highest BCUT2D eigenvalue weighted by molar-refractivity contribution is 7.98. The molecule has 0 spiro atoms. The number of hydrogen-bond donors (Lipinski definition) is 0. The van der Waals surface area contributed by atoms with Gasteiger partial charge in [-0.2, -0.15) is 0 Å². The first-order chi connectivity index (χ1) is 14.7. The van der Waals surface area contributed by atoms with E-state index >= 15 is 0 Å². The second-order valence-electron chi connectivity index (χ2n) is 6.70.